The van der Waals surface area contributed by atoms with Gasteiger partial charge in [0.15, 0.2) is 5.13 Å². The molecule has 2 aliphatic rings. The summed E-state index contributed by atoms with van der Waals surface area (Å²) in [4.78, 5) is 23.7. The Morgan fingerprint density at radius 2 is 1.86 bits per heavy atom. The van der Waals surface area contributed by atoms with Crippen LogP contribution in [0.1, 0.15) is 11.3 Å². The lowest BCUT2D eigenvalue weighted by Gasteiger charge is -2.34. The van der Waals surface area contributed by atoms with Crippen LogP contribution < -0.4 is 4.90 Å². The first-order valence-corrected chi connectivity index (χ1v) is 10.6. The predicted octanol–water partition coefficient (Wildman–Crippen LogP) is 2.01. The van der Waals surface area contributed by atoms with Gasteiger partial charge in [-0.1, -0.05) is 18.2 Å². The number of carbonyl (C=O) groups excluding carboxylic acids is 1. The number of benzene rings is 1. The number of hydrogen-bond acceptors (Lipinski definition) is 6. The summed E-state index contributed by atoms with van der Waals surface area (Å²) in [6.07, 6.45) is 0.119. The number of morpholine rings is 1. The second-order valence-electron chi connectivity index (χ2n) is 7.15. The van der Waals surface area contributed by atoms with Gasteiger partial charge in [-0.05, 0) is 11.6 Å². The van der Waals surface area contributed by atoms with Crippen LogP contribution in [-0.4, -0.2) is 73.2 Å². The molecule has 0 saturated carbocycles. The average Bonchev–Trinajstić information content (AvgIpc) is 3.19. The van der Waals surface area contributed by atoms with Crippen LogP contribution in [0.4, 0.5) is 9.52 Å². The minimum Gasteiger partial charge on any atom is -0.379 e. The molecule has 0 bridgehead atoms. The summed E-state index contributed by atoms with van der Waals surface area (Å²) in [5.74, 6) is -0.332. The first kappa shape index (κ1) is 19.3. The van der Waals surface area contributed by atoms with Gasteiger partial charge in [-0.25, -0.2) is 9.37 Å². The number of amides is 1. The number of thiazole rings is 1. The van der Waals surface area contributed by atoms with Crippen molar-refractivity contribution in [3.63, 3.8) is 0 Å². The molecule has 0 unspecified atom stereocenters. The van der Waals surface area contributed by atoms with Crippen molar-refractivity contribution >= 4 is 22.4 Å². The summed E-state index contributed by atoms with van der Waals surface area (Å²) in [6.45, 7) is 7.16. The molecule has 2 aliphatic heterocycles. The largest absolute Gasteiger partial charge is 0.379 e. The Morgan fingerprint density at radius 3 is 2.61 bits per heavy atom. The van der Waals surface area contributed by atoms with Crippen LogP contribution in [0.25, 0.3) is 0 Å². The molecule has 0 N–H and O–H groups in total. The van der Waals surface area contributed by atoms with E-state index in [4.69, 9.17) is 9.72 Å². The Bertz CT molecular complexity index is 801. The molecule has 2 fully saturated rings. The number of halogens is 1. The SMILES string of the molecule is O=C(Cc1ccccc1F)N1CCN(c2nc(CN3CCOCC3)cs2)CC1. The van der Waals surface area contributed by atoms with Crippen molar-refractivity contribution in [2.24, 2.45) is 0 Å². The molecule has 3 heterocycles. The van der Waals surface area contributed by atoms with Crippen molar-refractivity contribution in [1.82, 2.24) is 14.8 Å². The maximum Gasteiger partial charge on any atom is 0.227 e. The van der Waals surface area contributed by atoms with Gasteiger partial charge in [0.1, 0.15) is 5.82 Å². The Hall–Kier alpha value is -2.03. The van der Waals surface area contributed by atoms with E-state index in [-0.39, 0.29) is 18.1 Å². The van der Waals surface area contributed by atoms with E-state index < -0.39 is 0 Å². The maximum atomic E-state index is 13.8. The zero-order valence-corrected chi connectivity index (χ0v) is 16.7. The summed E-state index contributed by atoms with van der Waals surface area (Å²) < 4.78 is 19.2. The molecule has 2 aromatic rings. The molecule has 0 aliphatic carbocycles. The Morgan fingerprint density at radius 1 is 1.11 bits per heavy atom. The third-order valence-electron chi connectivity index (χ3n) is 5.23. The highest BCUT2D eigenvalue weighted by molar-refractivity contribution is 7.13. The Balaban J connectivity index is 1.28. The smallest absolute Gasteiger partial charge is 0.227 e. The minimum absolute atomic E-state index is 0.0168. The summed E-state index contributed by atoms with van der Waals surface area (Å²) in [7, 11) is 0. The van der Waals surface area contributed by atoms with Gasteiger partial charge >= 0.3 is 0 Å². The minimum atomic E-state index is -0.315. The highest BCUT2D eigenvalue weighted by Gasteiger charge is 2.24. The van der Waals surface area contributed by atoms with E-state index in [0.29, 0.717) is 18.7 Å². The number of hydrogen-bond donors (Lipinski definition) is 0. The van der Waals surface area contributed by atoms with Gasteiger partial charge in [0.05, 0.1) is 25.3 Å². The monoisotopic (exact) mass is 404 g/mol. The number of nitrogens with zero attached hydrogens (tertiary/aromatic N) is 4. The van der Waals surface area contributed by atoms with Crippen LogP contribution in [0.5, 0.6) is 0 Å². The molecular formula is C20H25FN4O2S. The number of piperazine rings is 1. The molecule has 4 rings (SSSR count). The fourth-order valence-corrected chi connectivity index (χ4v) is 4.44. The van der Waals surface area contributed by atoms with Gasteiger partial charge in [0.25, 0.3) is 0 Å². The van der Waals surface area contributed by atoms with E-state index in [1.165, 1.54) is 6.07 Å². The lowest BCUT2D eigenvalue weighted by atomic mass is 10.1. The van der Waals surface area contributed by atoms with Crippen molar-refractivity contribution in [3.8, 4) is 0 Å². The predicted molar refractivity (Wildman–Crippen MR) is 107 cm³/mol. The molecule has 8 heteroatoms. The summed E-state index contributed by atoms with van der Waals surface area (Å²) in [5, 5.41) is 3.14. The van der Waals surface area contributed by atoms with Crippen LogP contribution in [0.15, 0.2) is 29.6 Å². The molecule has 6 nitrogen and oxygen atoms in total. The number of carbonyl (C=O) groups is 1. The van der Waals surface area contributed by atoms with E-state index >= 15 is 0 Å². The van der Waals surface area contributed by atoms with Crippen molar-refractivity contribution < 1.29 is 13.9 Å². The number of anilines is 1. The fraction of sp³-hybridized carbons (Fsp3) is 0.500. The molecule has 1 aromatic heterocycles. The van der Waals surface area contributed by atoms with Gasteiger partial charge in [0, 0.05) is 51.2 Å². The highest BCUT2D eigenvalue weighted by atomic mass is 32.1. The summed E-state index contributed by atoms with van der Waals surface area (Å²) in [6, 6.07) is 6.48. The first-order chi connectivity index (χ1) is 13.7. The molecular weight excluding hydrogens is 379 g/mol. The maximum absolute atomic E-state index is 13.8. The summed E-state index contributed by atoms with van der Waals surface area (Å²) in [5.41, 5.74) is 1.56. The first-order valence-electron chi connectivity index (χ1n) is 9.69. The fourth-order valence-electron chi connectivity index (χ4n) is 3.57. The summed E-state index contributed by atoms with van der Waals surface area (Å²) >= 11 is 1.66. The molecule has 0 atom stereocenters. The lowest BCUT2D eigenvalue weighted by Crippen LogP contribution is -2.49. The molecule has 1 aromatic carbocycles. The van der Waals surface area contributed by atoms with Crippen LogP contribution >= 0.6 is 11.3 Å². The molecule has 0 radical (unpaired) electrons. The molecule has 0 spiro atoms. The second kappa shape index (κ2) is 8.98. The van der Waals surface area contributed by atoms with Crippen LogP contribution in [-0.2, 0) is 22.5 Å². The van der Waals surface area contributed by atoms with E-state index in [0.717, 1.165) is 56.8 Å². The van der Waals surface area contributed by atoms with Crippen molar-refractivity contribution in [1.29, 1.82) is 0 Å². The lowest BCUT2D eigenvalue weighted by molar-refractivity contribution is -0.130. The van der Waals surface area contributed by atoms with Gasteiger partial charge in [0.2, 0.25) is 5.91 Å². The topological polar surface area (TPSA) is 48.9 Å². The van der Waals surface area contributed by atoms with E-state index in [1.807, 2.05) is 4.90 Å². The number of ether oxygens (including phenoxy) is 1. The van der Waals surface area contributed by atoms with Crippen molar-refractivity contribution in [2.75, 3.05) is 57.4 Å². The Kier molecular flexibility index (Phi) is 6.19. The zero-order valence-electron chi connectivity index (χ0n) is 15.8. The third-order valence-corrected chi connectivity index (χ3v) is 6.18. The van der Waals surface area contributed by atoms with Gasteiger partial charge in [-0.2, -0.15) is 0 Å². The average molecular weight is 405 g/mol. The third kappa shape index (κ3) is 4.68. The molecule has 2 saturated heterocycles. The van der Waals surface area contributed by atoms with E-state index in [2.05, 4.69) is 15.2 Å². The second-order valence-corrected chi connectivity index (χ2v) is 7.98. The van der Waals surface area contributed by atoms with Crippen LogP contribution in [0, 0.1) is 5.82 Å². The van der Waals surface area contributed by atoms with Gasteiger partial charge < -0.3 is 14.5 Å². The highest BCUT2D eigenvalue weighted by Crippen LogP contribution is 2.23. The standard InChI is InChI=1S/C20H25FN4O2S/c21-18-4-2-1-3-16(18)13-19(26)24-5-7-25(8-6-24)20-22-17(15-28-20)14-23-9-11-27-12-10-23/h1-4,15H,5-14H2. The normalized spacial score (nSPS) is 18.5. The van der Waals surface area contributed by atoms with E-state index in [1.54, 1.807) is 29.5 Å². The molecule has 1 amide bonds. The van der Waals surface area contributed by atoms with Crippen LogP contribution in [0.3, 0.4) is 0 Å². The Labute approximate surface area is 168 Å². The molecule has 28 heavy (non-hydrogen) atoms. The number of aromatic nitrogens is 1. The van der Waals surface area contributed by atoms with Crippen molar-refractivity contribution in [2.45, 2.75) is 13.0 Å². The van der Waals surface area contributed by atoms with Gasteiger partial charge in [-0.15, -0.1) is 11.3 Å². The zero-order chi connectivity index (χ0) is 19.3. The van der Waals surface area contributed by atoms with Gasteiger partial charge in [-0.3, -0.25) is 9.69 Å². The number of rotatable bonds is 5. The molecule has 150 valence electrons. The van der Waals surface area contributed by atoms with Crippen LogP contribution in [0.2, 0.25) is 0 Å². The van der Waals surface area contributed by atoms with Crippen molar-refractivity contribution in [3.05, 3.63) is 46.7 Å². The quantitative estimate of drug-likeness (QED) is 0.763. The van der Waals surface area contributed by atoms with E-state index in [9.17, 15) is 9.18 Å².